The van der Waals surface area contributed by atoms with Gasteiger partial charge in [0.1, 0.15) is 0 Å². The summed E-state index contributed by atoms with van der Waals surface area (Å²) in [5.74, 6) is 1.47. The van der Waals surface area contributed by atoms with Gasteiger partial charge in [-0.2, -0.15) is 4.57 Å². The minimum atomic E-state index is -0.0177. The van der Waals surface area contributed by atoms with Gasteiger partial charge in [-0.05, 0) is 29.7 Å². The highest BCUT2D eigenvalue weighted by Crippen LogP contribution is 2.32. The van der Waals surface area contributed by atoms with Crippen molar-refractivity contribution < 1.29 is 18.8 Å². The number of amides is 1. The van der Waals surface area contributed by atoms with Crippen molar-refractivity contribution in [1.29, 1.82) is 0 Å². The normalized spacial score (nSPS) is 12.2. The fourth-order valence-corrected chi connectivity index (χ4v) is 2.52. The Balaban J connectivity index is 1.51. The van der Waals surface area contributed by atoms with Crippen LogP contribution in [0.25, 0.3) is 0 Å². The summed E-state index contributed by atoms with van der Waals surface area (Å²) < 4.78 is 12.5. The van der Waals surface area contributed by atoms with Crippen molar-refractivity contribution in [2.24, 2.45) is 0 Å². The molecule has 1 aromatic heterocycles. The third-order valence-corrected chi connectivity index (χ3v) is 3.75. The Labute approximate surface area is 135 Å². The summed E-state index contributed by atoms with van der Waals surface area (Å²) in [6, 6.07) is 9.82. The van der Waals surface area contributed by atoms with Crippen LogP contribution in [0, 0.1) is 0 Å². The highest BCUT2D eigenvalue weighted by Gasteiger charge is 2.14. The van der Waals surface area contributed by atoms with Gasteiger partial charge in [-0.15, -0.1) is 0 Å². The molecule has 0 spiro atoms. The predicted molar refractivity (Wildman–Crippen MR) is 85.0 cm³/mol. The van der Waals surface area contributed by atoms with Gasteiger partial charge in [0, 0.05) is 18.7 Å². The Kier molecular flexibility index (Phi) is 4.76. The monoisotopic (exact) mass is 313 g/mol. The number of fused-ring (bicyclic) bond motifs is 1. The van der Waals surface area contributed by atoms with Crippen LogP contribution in [-0.4, -0.2) is 12.7 Å². The van der Waals surface area contributed by atoms with Crippen molar-refractivity contribution in [3.63, 3.8) is 0 Å². The van der Waals surface area contributed by atoms with Gasteiger partial charge in [0.2, 0.25) is 13.3 Å². The Morgan fingerprint density at radius 3 is 2.70 bits per heavy atom. The van der Waals surface area contributed by atoms with Crippen molar-refractivity contribution >= 4 is 5.91 Å². The van der Waals surface area contributed by atoms with Crippen molar-refractivity contribution in [2.75, 3.05) is 6.79 Å². The molecule has 23 heavy (non-hydrogen) atoms. The molecule has 0 fully saturated rings. The van der Waals surface area contributed by atoms with Gasteiger partial charge in [0.25, 0.3) is 5.91 Å². The highest BCUT2D eigenvalue weighted by molar-refractivity contribution is 5.74. The second-order valence-corrected chi connectivity index (χ2v) is 5.59. The molecule has 2 heterocycles. The number of rotatable bonds is 6. The molecule has 3 rings (SSSR count). The molecule has 1 aliphatic rings. The van der Waals surface area contributed by atoms with Gasteiger partial charge in [-0.1, -0.05) is 19.4 Å². The fraction of sp³-hybridized carbons (Fsp3) is 0.333. The Hall–Kier alpha value is -2.56. The second kappa shape index (κ2) is 7.13. The number of ether oxygens (including phenoxy) is 2. The molecule has 2 aromatic rings. The van der Waals surface area contributed by atoms with Crippen LogP contribution < -0.4 is 19.4 Å². The Bertz CT molecular complexity index is 683. The summed E-state index contributed by atoms with van der Waals surface area (Å²) in [7, 11) is 0. The molecule has 1 aromatic carbocycles. The van der Waals surface area contributed by atoms with Gasteiger partial charge < -0.3 is 14.8 Å². The van der Waals surface area contributed by atoms with Crippen LogP contribution in [0.5, 0.6) is 11.5 Å². The molecule has 0 unspecified atom stereocenters. The van der Waals surface area contributed by atoms with E-state index in [1.54, 1.807) is 0 Å². The molecule has 0 aliphatic carbocycles. The Morgan fingerprint density at radius 1 is 1.13 bits per heavy atom. The van der Waals surface area contributed by atoms with Gasteiger partial charge >= 0.3 is 0 Å². The lowest BCUT2D eigenvalue weighted by Crippen LogP contribution is -2.42. The van der Waals surface area contributed by atoms with Gasteiger partial charge in [0.05, 0.1) is 0 Å². The predicted octanol–water partition coefficient (Wildman–Crippen LogP) is 1.97. The average Bonchev–Trinajstić information content (AvgIpc) is 3.03. The zero-order chi connectivity index (χ0) is 16.1. The number of nitrogens with zero attached hydrogens (tertiary/aromatic N) is 1. The zero-order valence-electron chi connectivity index (χ0n) is 13.2. The van der Waals surface area contributed by atoms with E-state index in [1.807, 2.05) is 35.2 Å². The van der Waals surface area contributed by atoms with E-state index in [-0.39, 0.29) is 12.7 Å². The standard InChI is InChI=1S/C18H20N2O3/c1-2-3-14-6-8-20(9-7-14)12-18(21)19-11-15-4-5-16-17(10-15)23-13-22-16/h4-10H,2-3,11-13H2,1H3/p+1. The zero-order valence-corrected chi connectivity index (χ0v) is 13.2. The number of carbonyl (C=O) groups excluding carboxylic acids is 1. The van der Waals surface area contributed by atoms with E-state index >= 15 is 0 Å². The van der Waals surface area contributed by atoms with Crippen LogP contribution in [0.1, 0.15) is 24.5 Å². The highest BCUT2D eigenvalue weighted by atomic mass is 16.7. The van der Waals surface area contributed by atoms with Crippen LogP contribution >= 0.6 is 0 Å². The Morgan fingerprint density at radius 2 is 1.91 bits per heavy atom. The number of aryl methyl sites for hydroxylation is 1. The van der Waals surface area contributed by atoms with Crippen LogP contribution in [-0.2, 0) is 24.3 Å². The van der Waals surface area contributed by atoms with E-state index in [0.29, 0.717) is 13.1 Å². The number of hydrogen-bond donors (Lipinski definition) is 1. The molecular weight excluding hydrogens is 292 g/mol. The van der Waals surface area contributed by atoms with E-state index in [0.717, 1.165) is 29.9 Å². The molecule has 1 aliphatic heterocycles. The van der Waals surface area contributed by atoms with Gasteiger partial charge in [-0.3, -0.25) is 4.79 Å². The summed E-state index contributed by atoms with van der Waals surface area (Å²) in [4.78, 5) is 12.0. The van der Waals surface area contributed by atoms with Crippen LogP contribution in [0.15, 0.2) is 42.7 Å². The molecule has 5 heteroatoms. The summed E-state index contributed by atoms with van der Waals surface area (Å²) in [6.07, 6.45) is 6.09. The molecule has 5 nitrogen and oxygen atoms in total. The first-order valence-corrected chi connectivity index (χ1v) is 7.88. The molecular formula is C18H21N2O3+. The van der Waals surface area contributed by atoms with Crippen LogP contribution in [0.3, 0.4) is 0 Å². The smallest absolute Gasteiger partial charge is 0.286 e. The van der Waals surface area contributed by atoms with E-state index in [4.69, 9.17) is 9.47 Å². The molecule has 0 saturated carbocycles. The molecule has 1 N–H and O–H groups in total. The fourth-order valence-electron chi connectivity index (χ4n) is 2.52. The minimum absolute atomic E-state index is 0.0177. The van der Waals surface area contributed by atoms with Gasteiger partial charge in [0.15, 0.2) is 23.9 Å². The lowest BCUT2D eigenvalue weighted by atomic mass is 10.1. The first-order valence-electron chi connectivity index (χ1n) is 7.88. The quantitative estimate of drug-likeness (QED) is 0.830. The van der Waals surface area contributed by atoms with E-state index in [9.17, 15) is 4.79 Å². The molecule has 1 amide bonds. The molecule has 120 valence electrons. The third kappa shape index (κ3) is 4.00. The van der Waals surface area contributed by atoms with E-state index < -0.39 is 0 Å². The summed E-state index contributed by atoms with van der Waals surface area (Å²) in [5.41, 5.74) is 2.29. The van der Waals surface area contributed by atoms with Gasteiger partial charge in [-0.25, -0.2) is 0 Å². The number of hydrogen-bond acceptors (Lipinski definition) is 3. The second-order valence-electron chi connectivity index (χ2n) is 5.59. The maximum atomic E-state index is 12.0. The van der Waals surface area contributed by atoms with Crippen LogP contribution in [0.2, 0.25) is 0 Å². The lowest BCUT2D eigenvalue weighted by molar-refractivity contribution is -0.684. The molecule has 0 radical (unpaired) electrons. The maximum absolute atomic E-state index is 12.0. The van der Waals surface area contributed by atoms with Crippen molar-refractivity contribution in [2.45, 2.75) is 32.9 Å². The molecule has 0 bridgehead atoms. The summed E-state index contributed by atoms with van der Waals surface area (Å²) in [5, 5.41) is 2.92. The van der Waals surface area contributed by atoms with E-state index in [1.165, 1.54) is 5.56 Å². The number of pyridine rings is 1. The average molecular weight is 313 g/mol. The largest absolute Gasteiger partial charge is 0.454 e. The summed E-state index contributed by atoms with van der Waals surface area (Å²) >= 11 is 0. The van der Waals surface area contributed by atoms with E-state index in [2.05, 4.69) is 24.4 Å². The first kappa shape index (κ1) is 15.3. The maximum Gasteiger partial charge on any atom is 0.286 e. The number of aromatic nitrogens is 1. The minimum Gasteiger partial charge on any atom is -0.454 e. The molecule has 0 atom stereocenters. The molecule has 0 saturated heterocycles. The van der Waals surface area contributed by atoms with Crippen LogP contribution in [0.4, 0.5) is 0 Å². The lowest BCUT2D eigenvalue weighted by Gasteiger charge is -2.05. The number of nitrogens with one attached hydrogen (secondary N) is 1. The number of carbonyl (C=O) groups is 1. The van der Waals surface area contributed by atoms with Crippen molar-refractivity contribution in [3.05, 3.63) is 53.9 Å². The third-order valence-electron chi connectivity index (χ3n) is 3.75. The van der Waals surface area contributed by atoms with Crippen molar-refractivity contribution in [3.8, 4) is 11.5 Å². The number of benzene rings is 1. The first-order chi connectivity index (χ1) is 11.2. The topological polar surface area (TPSA) is 51.4 Å². The summed E-state index contributed by atoms with van der Waals surface area (Å²) in [6.45, 7) is 3.21. The SMILES string of the molecule is CCCc1cc[n+](CC(=O)NCc2ccc3c(c2)OCO3)cc1. The van der Waals surface area contributed by atoms with Crippen molar-refractivity contribution in [1.82, 2.24) is 5.32 Å².